The number of benzene rings is 1. The summed E-state index contributed by atoms with van der Waals surface area (Å²) in [6.45, 7) is 1.90. The van der Waals surface area contributed by atoms with Crippen molar-refractivity contribution in [3.63, 3.8) is 0 Å². The van der Waals surface area contributed by atoms with Crippen molar-refractivity contribution in [1.82, 2.24) is 0 Å². The van der Waals surface area contributed by atoms with Crippen LogP contribution in [0.3, 0.4) is 0 Å². The Morgan fingerprint density at radius 1 is 1.04 bits per heavy atom. The zero-order valence-corrected chi connectivity index (χ0v) is 14.0. The van der Waals surface area contributed by atoms with Crippen LogP contribution in [0.2, 0.25) is 0 Å². The van der Waals surface area contributed by atoms with Gasteiger partial charge in [0, 0.05) is 6.42 Å². The lowest BCUT2D eigenvalue weighted by atomic mass is 9.73. The molecular formula is C16H24N2O5. The first-order chi connectivity index (χ1) is 10.9. The predicted molar refractivity (Wildman–Crippen MR) is 85.7 cm³/mol. The van der Waals surface area contributed by atoms with E-state index in [2.05, 4.69) is 0 Å². The topological polar surface area (TPSA) is 114 Å². The molecule has 1 atom stereocenters. The number of primary amides is 2. The highest BCUT2D eigenvalue weighted by atomic mass is 16.5. The molecule has 1 rings (SSSR count). The van der Waals surface area contributed by atoms with Crippen LogP contribution in [-0.4, -0.2) is 33.1 Å². The maximum absolute atomic E-state index is 12.2. The summed E-state index contributed by atoms with van der Waals surface area (Å²) in [5.74, 6) is -0.0628. The van der Waals surface area contributed by atoms with E-state index in [1.807, 2.05) is 6.92 Å². The molecule has 128 valence electrons. The van der Waals surface area contributed by atoms with Crippen molar-refractivity contribution in [2.75, 3.05) is 21.3 Å². The van der Waals surface area contributed by atoms with Crippen LogP contribution in [-0.2, 0) is 15.0 Å². The van der Waals surface area contributed by atoms with Gasteiger partial charge in [0.2, 0.25) is 17.6 Å². The van der Waals surface area contributed by atoms with Crippen molar-refractivity contribution in [2.45, 2.75) is 31.6 Å². The van der Waals surface area contributed by atoms with Gasteiger partial charge >= 0.3 is 0 Å². The van der Waals surface area contributed by atoms with Crippen LogP contribution < -0.4 is 25.7 Å². The van der Waals surface area contributed by atoms with Crippen molar-refractivity contribution in [3.8, 4) is 17.2 Å². The Balaban J connectivity index is 3.64. The summed E-state index contributed by atoms with van der Waals surface area (Å²) < 4.78 is 15.9. The third kappa shape index (κ3) is 3.67. The zero-order valence-electron chi connectivity index (χ0n) is 14.0. The molecule has 7 heteroatoms. The number of methoxy groups -OCH3 is 3. The van der Waals surface area contributed by atoms with E-state index in [1.165, 1.54) is 21.3 Å². The Hall–Kier alpha value is -2.44. The second kappa shape index (κ2) is 7.71. The lowest BCUT2D eigenvalue weighted by Crippen LogP contribution is -2.44. The fourth-order valence-electron chi connectivity index (χ4n) is 2.77. The molecule has 23 heavy (non-hydrogen) atoms. The summed E-state index contributed by atoms with van der Waals surface area (Å²) in [4.78, 5) is 23.7. The van der Waals surface area contributed by atoms with Gasteiger partial charge in [0.25, 0.3) is 0 Å². The Bertz CT molecular complexity index is 563. The second-order valence-electron chi connectivity index (χ2n) is 5.25. The third-order valence-electron chi connectivity index (χ3n) is 3.84. The maximum Gasteiger partial charge on any atom is 0.228 e. The fourth-order valence-corrected chi connectivity index (χ4v) is 2.77. The molecule has 0 heterocycles. The van der Waals surface area contributed by atoms with E-state index in [0.717, 1.165) is 0 Å². The molecule has 0 saturated heterocycles. The highest BCUT2D eigenvalue weighted by Gasteiger charge is 2.40. The Morgan fingerprint density at radius 3 is 1.87 bits per heavy atom. The van der Waals surface area contributed by atoms with Crippen molar-refractivity contribution in [3.05, 3.63) is 17.7 Å². The largest absolute Gasteiger partial charge is 0.493 e. The molecule has 4 N–H and O–H groups in total. The first kappa shape index (κ1) is 18.6. The molecule has 7 nitrogen and oxygen atoms in total. The third-order valence-corrected chi connectivity index (χ3v) is 3.84. The number of ether oxygens (including phenoxy) is 3. The van der Waals surface area contributed by atoms with Gasteiger partial charge in [-0.3, -0.25) is 9.59 Å². The SMILES string of the molecule is CCCC(CC(N)=O)(C(N)=O)c1cc(OC)c(OC)c(OC)c1. The van der Waals surface area contributed by atoms with Gasteiger partial charge in [-0.25, -0.2) is 0 Å². The molecule has 0 radical (unpaired) electrons. The summed E-state index contributed by atoms with van der Waals surface area (Å²) in [5.41, 5.74) is 10.3. The summed E-state index contributed by atoms with van der Waals surface area (Å²) in [6, 6.07) is 3.26. The monoisotopic (exact) mass is 324 g/mol. The number of hydrogen-bond acceptors (Lipinski definition) is 5. The molecule has 0 aliphatic heterocycles. The van der Waals surface area contributed by atoms with E-state index in [1.54, 1.807) is 12.1 Å². The lowest BCUT2D eigenvalue weighted by Gasteiger charge is -2.30. The molecule has 0 spiro atoms. The molecule has 0 fully saturated rings. The summed E-state index contributed by atoms with van der Waals surface area (Å²) in [5, 5.41) is 0. The molecule has 0 aliphatic rings. The van der Waals surface area contributed by atoms with Crippen LogP contribution in [0.4, 0.5) is 0 Å². The summed E-state index contributed by atoms with van der Waals surface area (Å²) in [6.07, 6.45) is 0.839. The fraction of sp³-hybridized carbons (Fsp3) is 0.500. The van der Waals surface area contributed by atoms with Crippen molar-refractivity contribution < 1.29 is 23.8 Å². The molecule has 0 aromatic heterocycles. The number of nitrogens with two attached hydrogens (primary N) is 2. The number of carbonyl (C=O) groups excluding carboxylic acids is 2. The van der Waals surface area contributed by atoms with E-state index < -0.39 is 17.2 Å². The molecule has 1 aromatic rings. The molecule has 0 saturated carbocycles. The average molecular weight is 324 g/mol. The van der Waals surface area contributed by atoms with Crippen LogP contribution in [0.25, 0.3) is 0 Å². The van der Waals surface area contributed by atoms with Gasteiger partial charge in [-0.1, -0.05) is 13.3 Å². The van der Waals surface area contributed by atoms with Gasteiger partial charge in [0.1, 0.15) is 0 Å². The van der Waals surface area contributed by atoms with Gasteiger partial charge in [-0.05, 0) is 24.1 Å². The number of hydrogen-bond donors (Lipinski definition) is 2. The quantitative estimate of drug-likeness (QED) is 0.706. The van der Waals surface area contributed by atoms with E-state index >= 15 is 0 Å². The minimum absolute atomic E-state index is 0.186. The van der Waals surface area contributed by atoms with Crippen LogP contribution in [0, 0.1) is 0 Å². The van der Waals surface area contributed by atoms with Gasteiger partial charge in [-0.15, -0.1) is 0 Å². The Kier molecular flexibility index (Phi) is 6.24. The lowest BCUT2D eigenvalue weighted by molar-refractivity contribution is -0.129. The second-order valence-corrected chi connectivity index (χ2v) is 5.25. The van der Waals surface area contributed by atoms with Gasteiger partial charge < -0.3 is 25.7 Å². The molecular weight excluding hydrogens is 300 g/mol. The zero-order chi connectivity index (χ0) is 17.6. The predicted octanol–water partition coefficient (Wildman–Crippen LogP) is 1.11. The highest BCUT2D eigenvalue weighted by Crippen LogP contribution is 2.43. The number of rotatable bonds is 9. The van der Waals surface area contributed by atoms with E-state index in [9.17, 15) is 9.59 Å². The van der Waals surface area contributed by atoms with Crippen LogP contribution in [0.5, 0.6) is 17.2 Å². The van der Waals surface area contributed by atoms with E-state index in [0.29, 0.717) is 35.7 Å². The van der Waals surface area contributed by atoms with Gasteiger partial charge in [0.05, 0.1) is 26.7 Å². The van der Waals surface area contributed by atoms with E-state index in [-0.39, 0.29) is 6.42 Å². The summed E-state index contributed by atoms with van der Waals surface area (Å²) in [7, 11) is 4.43. The number of amides is 2. The smallest absolute Gasteiger partial charge is 0.228 e. The van der Waals surface area contributed by atoms with E-state index in [4.69, 9.17) is 25.7 Å². The average Bonchev–Trinajstić information content (AvgIpc) is 2.52. The Morgan fingerprint density at radius 2 is 1.57 bits per heavy atom. The maximum atomic E-state index is 12.2. The van der Waals surface area contributed by atoms with Crippen molar-refractivity contribution in [2.24, 2.45) is 11.5 Å². The molecule has 2 amide bonds. The standard InChI is InChI=1S/C16H24N2O5/c1-5-6-16(15(18)20,9-13(17)19)10-7-11(21-2)14(23-4)12(8-10)22-3/h7-8H,5-6,9H2,1-4H3,(H2,17,19)(H2,18,20). The van der Waals surface area contributed by atoms with Crippen molar-refractivity contribution >= 4 is 11.8 Å². The molecule has 1 unspecified atom stereocenters. The molecule has 0 aliphatic carbocycles. The van der Waals surface area contributed by atoms with Crippen LogP contribution in [0.1, 0.15) is 31.7 Å². The molecule has 1 aromatic carbocycles. The Labute approximate surface area is 135 Å². The van der Waals surface area contributed by atoms with Crippen LogP contribution >= 0.6 is 0 Å². The first-order valence-corrected chi connectivity index (χ1v) is 7.25. The first-order valence-electron chi connectivity index (χ1n) is 7.25. The summed E-state index contributed by atoms with van der Waals surface area (Å²) >= 11 is 0. The van der Waals surface area contributed by atoms with Gasteiger partial charge in [-0.2, -0.15) is 0 Å². The van der Waals surface area contributed by atoms with Gasteiger partial charge in [0.15, 0.2) is 11.5 Å². The molecule has 0 bridgehead atoms. The minimum Gasteiger partial charge on any atom is -0.493 e. The number of carbonyl (C=O) groups is 2. The van der Waals surface area contributed by atoms with Crippen molar-refractivity contribution in [1.29, 1.82) is 0 Å². The highest BCUT2D eigenvalue weighted by molar-refractivity contribution is 5.92. The normalized spacial score (nSPS) is 13.0. The minimum atomic E-state index is -1.21. The van der Waals surface area contributed by atoms with Crippen LogP contribution in [0.15, 0.2) is 12.1 Å².